The average molecular weight is 460 g/mol. The van der Waals surface area contributed by atoms with Gasteiger partial charge in [0.25, 0.3) is 5.56 Å². The summed E-state index contributed by atoms with van der Waals surface area (Å²) >= 11 is 6.36. The molecule has 0 radical (unpaired) electrons. The molecule has 0 saturated heterocycles. The molecule has 0 aliphatic rings. The number of urea groups is 1. The Morgan fingerprint density at radius 2 is 1.58 bits per heavy atom. The van der Waals surface area contributed by atoms with E-state index in [2.05, 4.69) is 16.4 Å². The number of hydrogen-bond donors (Lipinski definition) is 2. The fourth-order valence-corrected chi connectivity index (χ4v) is 3.96. The Hall–Kier alpha value is -3.57. The summed E-state index contributed by atoms with van der Waals surface area (Å²) in [5.41, 5.74) is 5.19. The van der Waals surface area contributed by atoms with E-state index >= 15 is 0 Å². The first kappa shape index (κ1) is 22.6. The largest absolute Gasteiger partial charge is 0.334 e. The molecule has 6 heteroatoms. The van der Waals surface area contributed by atoms with Crippen LogP contribution in [0.3, 0.4) is 0 Å². The number of rotatable bonds is 6. The van der Waals surface area contributed by atoms with Crippen molar-refractivity contribution in [3.05, 3.63) is 116 Å². The molecule has 33 heavy (non-hydrogen) atoms. The number of carbonyl (C=O) groups is 1. The quantitative estimate of drug-likeness (QED) is 0.388. The lowest BCUT2D eigenvalue weighted by atomic mass is 10.0. The lowest BCUT2D eigenvalue weighted by Crippen LogP contribution is -2.40. The molecule has 4 rings (SSSR count). The zero-order valence-corrected chi connectivity index (χ0v) is 19.4. The Morgan fingerprint density at radius 1 is 0.909 bits per heavy atom. The summed E-state index contributed by atoms with van der Waals surface area (Å²) < 4.78 is 0. The van der Waals surface area contributed by atoms with E-state index < -0.39 is 0 Å². The Labute approximate surface area is 198 Å². The zero-order valence-electron chi connectivity index (χ0n) is 18.7. The van der Waals surface area contributed by atoms with Crippen molar-refractivity contribution in [2.75, 3.05) is 0 Å². The number of carbonyl (C=O) groups excluding carboxylic acids is 1. The number of aryl methyl sites for hydroxylation is 2. The third kappa shape index (κ3) is 5.44. The van der Waals surface area contributed by atoms with Crippen LogP contribution in [0.5, 0.6) is 0 Å². The number of nitrogens with one attached hydrogen (secondary N) is 2. The molecule has 0 aliphatic heterocycles. The van der Waals surface area contributed by atoms with Gasteiger partial charge < -0.3 is 15.2 Å². The number of aromatic amines is 1. The van der Waals surface area contributed by atoms with Gasteiger partial charge in [0.15, 0.2) is 0 Å². The Bertz CT molecular complexity index is 1350. The SMILES string of the molecule is Cc1cc2cc(CN(Cc3ccccc3Cl)C(=O)NCc3ccccc3)c(=O)[nH]c2cc1C. The predicted molar refractivity (Wildman–Crippen MR) is 133 cm³/mol. The van der Waals surface area contributed by atoms with Crippen LogP contribution in [0.25, 0.3) is 10.9 Å². The Balaban J connectivity index is 1.63. The van der Waals surface area contributed by atoms with E-state index in [9.17, 15) is 9.59 Å². The highest BCUT2D eigenvalue weighted by molar-refractivity contribution is 6.31. The molecule has 0 aliphatic carbocycles. The van der Waals surface area contributed by atoms with Crippen LogP contribution in [0.2, 0.25) is 5.02 Å². The normalized spacial score (nSPS) is 10.9. The van der Waals surface area contributed by atoms with Crippen LogP contribution in [-0.2, 0) is 19.6 Å². The maximum Gasteiger partial charge on any atom is 0.318 e. The van der Waals surface area contributed by atoms with Crippen LogP contribution in [0.15, 0.2) is 77.6 Å². The molecule has 168 valence electrons. The smallest absolute Gasteiger partial charge is 0.318 e. The molecular formula is C27H26ClN3O2. The number of halogens is 1. The number of H-pyrrole nitrogens is 1. The number of aromatic nitrogens is 1. The topological polar surface area (TPSA) is 65.2 Å². The van der Waals surface area contributed by atoms with Gasteiger partial charge in [-0.15, -0.1) is 0 Å². The third-order valence-corrected chi connectivity index (χ3v) is 6.16. The molecule has 2 N–H and O–H groups in total. The van der Waals surface area contributed by atoms with E-state index in [1.54, 1.807) is 11.0 Å². The molecule has 1 aromatic heterocycles. The Morgan fingerprint density at radius 3 is 2.33 bits per heavy atom. The second kappa shape index (κ2) is 9.92. The molecular weight excluding hydrogens is 434 g/mol. The number of pyridine rings is 1. The Kier molecular flexibility index (Phi) is 6.80. The molecule has 0 unspecified atom stereocenters. The van der Waals surface area contributed by atoms with E-state index in [0.29, 0.717) is 17.1 Å². The standard InChI is InChI=1S/C27H26ClN3O2/c1-18-12-22-14-23(26(32)30-25(22)13-19(18)2)17-31(16-21-10-6-7-11-24(21)28)27(33)29-15-20-8-4-3-5-9-20/h3-14H,15-17H2,1-2H3,(H,29,33)(H,30,32). The van der Waals surface area contributed by atoms with Crippen molar-refractivity contribution in [1.29, 1.82) is 0 Å². The second-order valence-electron chi connectivity index (χ2n) is 8.24. The molecule has 4 aromatic rings. The van der Waals surface area contributed by atoms with E-state index in [0.717, 1.165) is 33.2 Å². The zero-order chi connectivity index (χ0) is 23.4. The number of amides is 2. The van der Waals surface area contributed by atoms with Crippen LogP contribution in [0.4, 0.5) is 4.79 Å². The van der Waals surface area contributed by atoms with Gasteiger partial charge in [0.05, 0.1) is 6.54 Å². The maximum absolute atomic E-state index is 13.2. The number of nitrogens with zero attached hydrogens (tertiary/aromatic N) is 1. The first-order valence-electron chi connectivity index (χ1n) is 10.8. The van der Waals surface area contributed by atoms with Gasteiger partial charge in [0.1, 0.15) is 0 Å². The molecule has 0 atom stereocenters. The highest BCUT2D eigenvalue weighted by Gasteiger charge is 2.18. The van der Waals surface area contributed by atoms with Gasteiger partial charge >= 0.3 is 6.03 Å². The van der Waals surface area contributed by atoms with E-state index in [4.69, 9.17) is 11.6 Å². The van der Waals surface area contributed by atoms with E-state index in [1.165, 1.54) is 0 Å². The summed E-state index contributed by atoms with van der Waals surface area (Å²) in [4.78, 5) is 30.6. The van der Waals surface area contributed by atoms with Crippen LogP contribution >= 0.6 is 11.6 Å². The van der Waals surface area contributed by atoms with Gasteiger partial charge in [0.2, 0.25) is 0 Å². The van der Waals surface area contributed by atoms with Crippen molar-refractivity contribution in [2.24, 2.45) is 0 Å². The monoisotopic (exact) mass is 459 g/mol. The highest BCUT2D eigenvalue weighted by Crippen LogP contribution is 2.20. The third-order valence-electron chi connectivity index (χ3n) is 5.79. The minimum atomic E-state index is -0.265. The summed E-state index contributed by atoms with van der Waals surface area (Å²) in [7, 11) is 0. The van der Waals surface area contributed by atoms with Gasteiger partial charge in [0, 0.05) is 29.2 Å². The van der Waals surface area contributed by atoms with Crippen molar-refractivity contribution >= 4 is 28.5 Å². The molecule has 2 amide bonds. The number of hydrogen-bond acceptors (Lipinski definition) is 2. The molecule has 1 heterocycles. The number of fused-ring (bicyclic) bond motifs is 1. The van der Waals surface area contributed by atoms with Crippen molar-refractivity contribution < 1.29 is 4.79 Å². The average Bonchev–Trinajstić information content (AvgIpc) is 2.81. The lowest BCUT2D eigenvalue weighted by molar-refractivity contribution is 0.191. The molecule has 0 bridgehead atoms. The molecule has 0 fully saturated rings. The number of benzene rings is 3. The van der Waals surface area contributed by atoms with Crippen molar-refractivity contribution in [1.82, 2.24) is 15.2 Å². The maximum atomic E-state index is 13.2. The van der Waals surface area contributed by atoms with Crippen LogP contribution < -0.4 is 10.9 Å². The second-order valence-corrected chi connectivity index (χ2v) is 8.65. The fourth-order valence-electron chi connectivity index (χ4n) is 3.76. The summed E-state index contributed by atoms with van der Waals surface area (Å²) in [6, 6.07) is 22.8. The van der Waals surface area contributed by atoms with Gasteiger partial charge in [-0.3, -0.25) is 4.79 Å². The minimum Gasteiger partial charge on any atom is -0.334 e. The highest BCUT2D eigenvalue weighted by atomic mass is 35.5. The predicted octanol–water partition coefficient (Wildman–Crippen LogP) is 5.71. The van der Waals surface area contributed by atoms with Crippen LogP contribution in [0.1, 0.15) is 27.8 Å². The molecule has 5 nitrogen and oxygen atoms in total. The van der Waals surface area contributed by atoms with Crippen molar-refractivity contribution in [2.45, 2.75) is 33.5 Å². The van der Waals surface area contributed by atoms with Crippen LogP contribution in [0, 0.1) is 13.8 Å². The van der Waals surface area contributed by atoms with E-state index in [-0.39, 0.29) is 24.7 Å². The van der Waals surface area contributed by atoms with Gasteiger partial charge in [-0.25, -0.2) is 4.79 Å². The molecule has 0 spiro atoms. The summed E-state index contributed by atoms with van der Waals surface area (Å²) in [5.74, 6) is 0. The molecule has 3 aromatic carbocycles. The van der Waals surface area contributed by atoms with Crippen molar-refractivity contribution in [3.63, 3.8) is 0 Å². The first-order chi connectivity index (χ1) is 15.9. The minimum absolute atomic E-state index is 0.157. The van der Waals surface area contributed by atoms with E-state index in [1.807, 2.05) is 74.5 Å². The summed E-state index contributed by atoms with van der Waals surface area (Å²) in [6.45, 7) is 4.89. The van der Waals surface area contributed by atoms with Gasteiger partial charge in [-0.1, -0.05) is 60.1 Å². The summed E-state index contributed by atoms with van der Waals surface area (Å²) in [6.07, 6.45) is 0. The van der Waals surface area contributed by atoms with Gasteiger partial charge in [-0.05, 0) is 65.8 Å². The van der Waals surface area contributed by atoms with Crippen LogP contribution in [-0.4, -0.2) is 15.9 Å². The fraction of sp³-hybridized carbons (Fsp3) is 0.185. The first-order valence-corrected chi connectivity index (χ1v) is 11.2. The van der Waals surface area contributed by atoms with Gasteiger partial charge in [-0.2, -0.15) is 0 Å². The van der Waals surface area contributed by atoms with Crippen molar-refractivity contribution in [3.8, 4) is 0 Å². The lowest BCUT2D eigenvalue weighted by Gasteiger charge is -2.24. The molecule has 0 saturated carbocycles. The summed E-state index contributed by atoms with van der Waals surface area (Å²) in [5, 5.41) is 4.48.